The van der Waals surface area contributed by atoms with Crippen molar-refractivity contribution in [2.45, 2.75) is 38.9 Å². The number of aromatic nitrogens is 4. The summed E-state index contributed by atoms with van der Waals surface area (Å²) in [6.07, 6.45) is 0. The number of nitrogens with zero attached hydrogens (tertiary/aromatic N) is 4. The fourth-order valence-electron chi connectivity index (χ4n) is 2.54. The van der Waals surface area contributed by atoms with Gasteiger partial charge < -0.3 is 10.1 Å². The second-order valence-corrected chi connectivity index (χ2v) is 9.13. The molecule has 0 aliphatic carbocycles. The molecule has 3 aromatic heterocycles. The standard InChI is InChI=1S/C18H21N5O3S3/c1-5-26-16(25)14-11(4)19-17(29-14)20-13(24)9-28-18-22-21-15(23(18)10(2)3)12-7-6-8-27-12/h6-8,10H,5,9H2,1-4H3,(H,19,20,24). The number of amides is 1. The number of aryl methyl sites for hydroxylation is 1. The average molecular weight is 452 g/mol. The number of carbonyl (C=O) groups excluding carboxylic acids is 2. The van der Waals surface area contributed by atoms with Crippen LogP contribution in [0.4, 0.5) is 5.13 Å². The van der Waals surface area contributed by atoms with Gasteiger partial charge in [-0.1, -0.05) is 29.2 Å². The Bertz CT molecular complexity index is 995. The molecule has 0 bridgehead atoms. The molecule has 0 radical (unpaired) electrons. The lowest BCUT2D eigenvalue weighted by Crippen LogP contribution is -2.15. The van der Waals surface area contributed by atoms with E-state index < -0.39 is 5.97 Å². The summed E-state index contributed by atoms with van der Waals surface area (Å²) in [5.41, 5.74) is 0.538. The van der Waals surface area contributed by atoms with E-state index in [4.69, 9.17) is 4.74 Å². The van der Waals surface area contributed by atoms with Gasteiger partial charge in [-0.25, -0.2) is 9.78 Å². The number of ether oxygens (including phenoxy) is 1. The van der Waals surface area contributed by atoms with Crippen LogP contribution in [0.2, 0.25) is 0 Å². The zero-order chi connectivity index (χ0) is 21.0. The molecule has 0 aliphatic heterocycles. The highest BCUT2D eigenvalue weighted by Gasteiger charge is 2.20. The summed E-state index contributed by atoms with van der Waals surface area (Å²) in [5, 5.41) is 14.4. The van der Waals surface area contributed by atoms with Gasteiger partial charge in [-0.2, -0.15) is 0 Å². The molecule has 3 aromatic rings. The van der Waals surface area contributed by atoms with Crippen LogP contribution in [0.5, 0.6) is 0 Å². The van der Waals surface area contributed by atoms with E-state index in [1.807, 2.05) is 22.1 Å². The number of anilines is 1. The Morgan fingerprint density at radius 1 is 1.34 bits per heavy atom. The quantitative estimate of drug-likeness (QED) is 0.403. The molecular weight excluding hydrogens is 430 g/mol. The van der Waals surface area contributed by atoms with Gasteiger partial charge in [0.1, 0.15) is 4.88 Å². The lowest BCUT2D eigenvalue weighted by molar-refractivity contribution is -0.113. The van der Waals surface area contributed by atoms with Crippen molar-refractivity contribution < 1.29 is 14.3 Å². The third kappa shape index (κ3) is 5.03. The molecule has 11 heteroatoms. The van der Waals surface area contributed by atoms with Crippen molar-refractivity contribution in [1.82, 2.24) is 19.7 Å². The number of carbonyl (C=O) groups is 2. The molecule has 0 unspecified atom stereocenters. The predicted octanol–water partition coefficient (Wildman–Crippen LogP) is 4.26. The molecule has 154 valence electrons. The number of nitrogens with one attached hydrogen (secondary N) is 1. The van der Waals surface area contributed by atoms with Crippen LogP contribution in [0.1, 0.15) is 42.2 Å². The van der Waals surface area contributed by atoms with Gasteiger partial charge in [0, 0.05) is 6.04 Å². The summed E-state index contributed by atoms with van der Waals surface area (Å²) in [6.45, 7) is 7.86. The number of thiophene rings is 1. The number of thioether (sulfide) groups is 1. The normalized spacial score (nSPS) is 11.1. The highest BCUT2D eigenvalue weighted by molar-refractivity contribution is 7.99. The summed E-state index contributed by atoms with van der Waals surface area (Å²) in [7, 11) is 0. The molecule has 0 saturated heterocycles. The molecule has 1 N–H and O–H groups in total. The van der Waals surface area contributed by atoms with Gasteiger partial charge in [0.25, 0.3) is 0 Å². The third-order valence-corrected chi connectivity index (χ3v) is 6.62. The van der Waals surface area contributed by atoms with E-state index >= 15 is 0 Å². The van der Waals surface area contributed by atoms with E-state index in [1.165, 1.54) is 11.8 Å². The Morgan fingerprint density at radius 3 is 2.79 bits per heavy atom. The van der Waals surface area contributed by atoms with Crippen LogP contribution in [0.15, 0.2) is 22.7 Å². The molecule has 0 spiro atoms. The minimum atomic E-state index is -0.427. The predicted molar refractivity (Wildman–Crippen MR) is 116 cm³/mol. The zero-order valence-electron chi connectivity index (χ0n) is 16.5. The first-order chi connectivity index (χ1) is 13.9. The number of hydrogen-bond donors (Lipinski definition) is 1. The second kappa shape index (κ2) is 9.51. The van der Waals surface area contributed by atoms with E-state index in [0.29, 0.717) is 27.5 Å². The molecule has 0 fully saturated rings. The van der Waals surface area contributed by atoms with Crippen molar-refractivity contribution in [1.29, 1.82) is 0 Å². The van der Waals surface area contributed by atoms with Crippen molar-refractivity contribution in [3.8, 4) is 10.7 Å². The summed E-state index contributed by atoms with van der Waals surface area (Å²) < 4.78 is 7.02. The Kier molecular flexibility index (Phi) is 7.04. The minimum absolute atomic E-state index is 0.154. The molecule has 3 heterocycles. The fourth-order valence-corrected chi connectivity index (χ4v) is 4.99. The number of esters is 1. The van der Waals surface area contributed by atoms with E-state index in [2.05, 4.69) is 34.3 Å². The lowest BCUT2D eigenvalue weighted by Gasteiger charge is -2.12. The maximum Gasteiger partial charge on any atom is 0.350 e. The first kappa shape index (κ1) is 21.5. The van der Waals surface area contributed by atoms with E-state index in [1.54, 1.807) is 25.2 Å². The van der Waals surface area contributed by atoms with Crippen molar-refractivity contribution in [3.63, 3.8) is 0 Å². The van der Waals surface area contributed by atoms with E-state index in [9.17, 15) is 9.59 Å². The molecule has 1 amide bonds. The molecule has 8 nitrogen and oxygen atoms in total. The number of thiazole rings is 1. The maximum atomic E-state index is 12.4. The highest BCUT2D eigenvalue weighted by Crippen LogP contribution is 2.30. The van der Waals surface area contributed by atoms with Gasteiger partial charge in [0.05, 0.1) is 22.9 Å². The van der Waals surface area contributed by atoms with Crippen LogP contribution in [0.25, 0.3) is 10.7 Å². The summed E-state index contributed by atoms with van der Waals surface area (Å²) in [6, 6.07) is 4.13. The maximum absolute atomic E-state index is 12.4. The molecule has 29 heavy (non-hydrogen) atoms. The topological polar surface area (TPSA) is 99.0 Å². The third-order valence-electron chi connectivity index (χ3n) is 3.76. The summed E-state index contributed by atoms with van der Waals surface area (Å²) in [4.78, 5) is 29.9. The van der Waals surface area contributed by atoms with Crippen molar-refractivity contribution in [2.75, 3.05) is 17.7 Å². The molecule has 3 rings (SSSR count). The Balaban J connectivity index is 1.66. The van der Waals surface area contributed by atoms with E-state index in [0.717, 1.165) is 22.0 Å². The van der Waals surface area contributed by atoms with E-state index in [-0.39, 0.29) is 17.7 Å². The van der Waals surface area contributed by atoms with Crippen LogP contribution in [0, 0.1) is 6.92 Å². The molecule has 0 atom stereocenters. The van der Waals surface area contributed by atoms with Crippen LogP contribution in [0.3, 0.4) is 0 Å². The fraction of sp³-hybridized carbons (Fsp3) is 0.389. The first-order valence-electron chi connectivity index (χ1n) is 8.96. The molecule has 0 aliphatic rings. The first-order valence-corrected chi connectivity index (χ1v) is 11.6. The summed E-state index contributed by atoms with van der Waals surface area (Å²) >= 11 is 4.02. The minimum Gasteiger partial charge on any atom is -0.462 e. The van der Waals surface area contributed by atoms with Crippen LogP contribution in [-0.2, 0) is 9.53 Å². The summed E-state index contributed by atoms with van der Waals surface area (Å²) in [5.74, 6) is 0.300. The van der Waals surface area contributed by atoms with Crippen LogP contribution in [-0.4, -0.2) is 44.0 Å². The van der Waals surface area contributed by atoms with Gasteiger partial charge in [-0.3, -0.25) is 9.36 Å². The van der Waals surface area contributed by atoms with Gasteiger partial charge >= 0.3 is 5.97 Å². The molecule has 0 aromatic carbocycles. The zero-order valence-corrected chi connectivity index (χ0v) is 18.9. The highest BCUT2D eigenvalue weighted by atomic mass is 32.2. The van der Waals surface area contributed by atoms with Gasteiger partial charge in [-0.05, 0) is 39.1 Å². The second-order valence-electron chi connectivity index (χ2n) is 6.24. The SMILES string of the molecule is CCOC(=O)c1sc(NC(=O)CSc2nnc(-c3cccs3)n2C(C)C)nc1C. The van der Waals surface area contributed by atoms with Crippen molar-refractivity contribution >= 4 is 51.4 Å². The molecular formula is C18H21N5O3S3. The van der Waals surface area contributed by atoms with Crippen molar-refractivity contribution in [3.05, 3.63) is 28.1 Å². The van der Waals surface area contributed by atoms with Gasteiger partial charge in [-0.15, -0.1) is 21.5 Å². The number of rotatable bonds is 8. The van der Waals surface area contributed by atoms with Gasteiger partial charge in [0.15, 0.2) is 16.1 Å². The smallest absolute Gasteiger partial charge is 0.350 e. The Hall–Kier alpha value is -2.24. The van der Waals surface area contributed by atoms with Gasteiger partial charge in [0.2, 0.25) is 5.91 Å². The van der Waals surface area contributed by atoms with Crippen LogP contribution >= 0.6 is 34.4 Å². The Morgan fingerprint density at radius 2 is 2.14 bits per heavy atom. The van der Waals surface area contributed by atoms with Crippen molar-refractivity contribution in [2.24, 2.45) is 0 Å². The lowest BCUT2D eigenvalue weighted by atomic mass is 10.3. The average Bonchev–Trinajstić information content (AvgIpc) is 3.39. The van der Waals surface area contributed by atoms with Crippen LogP contribution < -0.4 is 5.32 Å². The number of hydrogen-bond acceptors (Lipinski definition) is 9. The largest absolute Gasteiger partial charge is 0.462 e. The Labute approximate surface area is 180 Å². The monoisotopic (exact) mass is 451 g/mol. The molecule has 0 saturated carbocycles.